The molecule has 214 valence electrons. The number of carbonyl (C=O) groups excluding carboxylic acids is 3. The number of halogens is 2. The van der Waals surface area contributed by atoms with Gasteiger partial charge in [0, 0.05) is 18.2 Å². The second kappa shape index (κ2) is 14.0. The van der Waals surface area contributed by atoms with Crippen molar-refractivity contribution in [3.63, 3.8) is 0 Å². The van der Waals surface area contributed by atoms with E-state index in [2.05, 4.69) is 21.3 Å². The van der Waals surface area contributed by atoms with Gasteiger partial charge in [-0.1, -0.05) is 72.8 Å². The highest BCUT2D eigenvalue weighted by atomic mass is 35.5. The first kappa shape index (κ1) is 29.9. The summed E-state index contributed by atoms with van der Waals surface area (Å²) in [4.78, 5) is 50.2. The van der Waals surface area contributed by atoms with Gasteiger partial charge >= 0.3 is 12.0 Å². The van der Waals surface area contributed by atoms with Crippen LogP contribution in [0.2, 0.25) is 10.0 Å². The van der Waals surface area contributed by atoms with Crippen LogP contribution in [0.3, 0.4) is 0 Å². The number of nitrogens with one attached hydrogen (secondary N) is 4. The molecule has 1 aliphatic carbocycles. The van der Waals surface area contributed by atoms with E-state index in [1.807, 2.05) is 0 Å². The Bertz CT molecular complexity index is 1400. The van der Waals surface area contributed by atoms with Gasteiger partial charge in [0.25, 0.3) is 11.8 Å². The number of carbonyl (C=O) groups is 4. The summed E-state index contributed by atoms with van der Waals surface area (Å²) in [6.07, 6.45) is 5.12. The van der Waals surface area contributed by atoms with Gasteiger partial charge in [0.05, 0.1) is 26.9 Å². The van der Waals surface area contributed by atoms with Crippen molar-refractivity contribution in [2.24, 2.45) is 0 Å². The number of hydrogen-bond acceptors (Lipinski definition) is 4. The Kier molecular flexibility index (Phi) is 10.2. The average molecular weight is 597 g/mol. The van der Waals surface area contributed by atoms with Crippen molar-refractivity contribution in [3.8, 4) is 0 Å². The first-order valence-corrected chi connectivity index (χ1v) is 14.0. The molecule has 3 aromatic carbocycles. The summed E-state index contributed by atoms with van der Waals surface area (Å²) in [7, 11) is 0. The first-order valence-electron chi connectivity index (χ1n) is 13.3. The Morgan fingerprint density at radius 1 is 0.805 bits per heavy atom. The van der Waals surface area contributed by atoms with Crippen LogP contribution in [0.1, 0.15) is 58.4 Å². The molecular weight excluding hydrogens is 567 g/mol. The van der Waals surface area contributed by atoms with E-state index in [1.54, 1.807) is 66.7 Å². The van der Waals surface area contributed by atoms with Crippen molar-refractivity contribution in [1.82, 2.24) is 10.6 Å². The van der Waals surface area contributed by atoms with Gasteiger partial charge in [0.15, 0.2) is 0 Å². The molecule has 11 heteroatoms. The second-order valence-corrected chi connectivity index (χ2v) is 10.6. The number of benzene rings is 3. The maximum Gasteiger partial charge on any atom is 0.326 e. The van der Waals surface area contributed by atoms with Crippen LogP contribution in [-0.4, -0.2) is 41.0 Å². The first-order chi connectivity index (χ1) is 19.7. The van der Waals surface area contributed by atoms with Crippen LogP contribution in [0.25, 0.3) is 0 Å². The van der Waals surface area contributed by atoms with E-state index in [0.29, 0.717) is 16.8 Å². The predicted octanol–water partition coefficient (Wildman–Crippen LogP) is 6.13. The van der Waals surface area contributed by atoms with Gasteiger partial charge in [-0.2, -0.15) is 0 Å². The van der Waals surface area contributed by atoms with Gasteiger partial charge in [-0.15, -0.1) is 0 Å². The van der Waals surface area contributed by atoms with Crippen LogP contribution in [-0.2, 0) is 11.2 Å². The van der Waals surface area contributed by atoms with Gasteiger partial charge < -0.3 is 26.4 Å². The van der Waals surface area contributed by atoms with E-state index < -0.39 is 23.9 Å². The van der Waals surface area contributed by atoms with E-state index in [1.165, 1.54) is 0 Å². The van der Waals surface area contributed by atoms with Gasteiger partial charge in [-0.25, -0.2) is 9.59 Å². The minimum Gasteiger partial charge on any atom is -0.480 e. The molecule has 0 aliphatic heterocycles. The van der Waals surface area contributed by atoms with Crippen molar-refractivity contribution in [3.05, 3.63) is 93.5 Å². The third-order valence-corrected chi connectivity index (χ3v) is 7.44. The molecule has 41 heavy (non-hydrogen) atoms. The summed E-state index contributed by atoms with van der Waals surface area (Å²) in [5, 5.41) is 21.0. The van der Waals surface area contributed by atoms with Crippen LogP contribution in [0, 0.1) is 0 Å². The number of carboxylic acids is 1. The molecule has 3 aromatic rings. The number of para-hydroxylation sites is 1. The molecule has 0 heterocycles. The quantitative estimate of drug-likeness (QED) is 0.202. The molecule has 1 aliphatic rings. The Morgan fingerprint density at radius 2 is 1.46 bits per heavy atom. The molecule has 0 unspecified atom stereocenters. The zero-order valence-corrected chi connectivity index (χ0v) is 23.6. The molecule has 9 nitrogen and oxygen atoms in total. The fourth-order valence-electron chi connectivity index (χ4n) is 4.69. The fraction of sp³-hybridized carbons (Fsp3) is 0.267. The summed E-state index contributed by atoms with van der Waals surface area (Å²) < 4.78 is 0. The lowest BCUT2D eigenvalue weighted by Crippen LogP contribution is -2.44. The minimum atomic E-state index is -1.25. The lowest BCUT2D eigenvalue weighted by molar-refractivity contribution is -0.139. The number of hydrogen-bond donors (Lipinski definition) is 5. The van der Waals surface area contributed by atoms with Crippen LogP contribution in [0.15, 0.2) is 66.7 Å². The van der Waals surface area contributed by atoms with Crippen molar-refractivity contribution in [2.75, 3.05) is 10.6 Å². The SMILES string of the molecule is O=C(Nc1ccccc1C(=O)NC1CCCCC1)N[C@@H](Cc1ccc(NC(=O)c2c(Cl)cccc2Cl)cc1)C(=O)O. The summed E-state index contributed by atoms with van der Waals surface area (Å²) in [5.41, 5.74) is 1.79. The largest absolute Gasteiger partial charge is 0.480 e. The van der Waals surface area contributed by atoms with Crippen LogP contribution in [0.5, 0.6) is 0 Å². The van der Waals surface area contributed by atoms with Crippen molar-refractivity contribution < 1.29 is 24.3 Å². The molecule has 0 saturated heterocycles. The molecule has 0 aromatic heterocycles. The Hall–Kier alpha value is -4.08. The molecule has 4 rings (SSSR count). The molecule has 1 fully saturated rings. The smallest absolute Gasteiger partial charge is 0.326 e. The highest BCUT2D eigenvalue weighted by Crippen LogP contribution is 2.25. The van der Waals surface area contributed by atoms with Crippen molar-refractivity contribution in [2.45, 2.75) is 50.6 Å². The maximum atomic E-state index is 12.9. The Labute approximate surface area is 247 Å². The zero-order chi connectivity index (χ0) is 29.4. The topological polar surface area (TPSA) is 137 Å². The van der Waals surface area contributed by atoms with Crippen molar-refractivity contribution in [1.29, 1.82) is 0 Å². The number of aliphatic carboxylic acids is 1. The number of urea groups is 1. The number of rotatable bonds is 9. The van der Waals surface area contributed by atoms with E-state index >= 15 is 0 Å². The molecule has 0 bridgehead atoms. The molecule has 4 amide bonds. The monoisotopic (exact) mass is 596 g/mol. The summed E-state index contributed by atoms with van der Waals surface area (Å²) in [6, 6.07) is 15.9. The number of amides is 4. The van der Waals surface area contributed by atoms with E-state index in [-0.39, 0.29) is 39.7 Å². The molecular formula is C30H30Cl2N4O5. The lowest BCUT2D eigenvalue weighted by Gasteiger charge is -2.23. The van der Waals surface area contributed by atoms with Crippen molar-refractivity contribution >= 4 is 58.4 Å². The second-order valence-electron chi connectivity index (χ2n) is 9.80. The lowest BCUT2D eigenvalue weighted by atomic mass is 9.95. The molecule has 1 atom stereocenters. The molecule has 1 saturated carbocycles. The van der Waals surface area contributed by atoms with Gasteiger partial charge in [-0.05, 0) is 54.8 Å². The van der Waals surface area contributed by atoms with Crippen LogP contribution in [0.4, 0.5) is 16.2 Å². The van der Waals surface area contributed by atoms with Gasteiger partial charge in [0.2, 0.25) is 0 Å². The summed E-state index contributed by atoms with van der Waals surface area (Å²) in [6.45, 7) is 0. The van der Waals surface area contributed by atoms with E-state index in [9.17, 15) is 24.3 Å². The predicted molar refractivity (Wildman–Crippen MR) is 159 cm³/mol. The van der Waals surface area contributed by atoms with Crippen LogP contribution < -0.4 is 21.3 Å². The standard InChI is InChI=1S/C30H30Cl2N4O5/c31-22-10-6-11-23(32)26(22)28(38)34-20-15-13-18(14-16-20)17-25(29(39)40)36-30(41)35-24-12-5-4-9-21(24)27(37)33-19-7-2-1-3-8-19/h4-6,9-16,19,25H,1-3,7-8,17H2,(H,33,37)(H,34,38)(H,39,40)(H2,35,36,41)/t25-/m0/s1. The Balaban J connectivity index is 1.36. The third kappa shape index (κ3) is 8.22. The molecule has 0 radical (unpaired) electrons. The van der Waals surface area contributed by atoms with E-state index in [0.717, 1.165) is 32.1 Å². The average Bonchev–Trinajstić information content (AvgIpc) is 2.94. The Morgan fingerprint density at radius 3 is 2.12 bits per heavy atom. The summed E-state index contributed by atoms with van der Waals surface area (Å²) in [5.74, 6) is -2.00. The fourth-order valence-corrected chi connectivity index (χ4v) is 5.25. The van der Waals surface area contributed by atoms with Crippen LogP contribution >= 0.6 is 23.2 Å². The highest BCUT2D eigenvalue weighted by molar-refractivity contribution is 6.40. The third-order valence-electron chi connectivity index (χ3n) is 6.81. The number of anilines is 2. The number of carboxylic acid groups (broad SMARTS) is 1. The highest BCUT2D eigenvalue weighted by Gasteiger charge is 2.23. The van der Waals surface area contributed by atoms with E-state index in [4.69, 9.17) is 23.2 Å². The molecule has 0 spiro atoms. The maximum absolute atomic E-state index is 12.9. The zero-order valence-electron chi connectivity index (χ0n) is 22.1. The molecule has 5 N–H and O–H groups in total. The summed E-state index contributed by atoms with van der Waals surface area (Å²) >= 11 is 12.2. The minimum absolute atomic E-state index is 0.0167. The normalized spacial score (nSPS) is 14.0. The van der Waals surface area contributed by atoms with Gasteiger partial charge in [-0.3, -0.25) is 9.59 Å². The van der Waals surface area contributed by atoms with Gasteiger partial charge in [0.1, 0.15) is 6.04 Å².